The quantitative estimate of drug-likeness (QED) is 0.757. The van der Waals surface area contributed by atoms with Crippen LogP contribution in [0.2, 0.25) is 0 Å². The summed E-state index contributed by atoms with van der Waals surface area (Å²) in [6.45, 7) is 9.58. The van der Waals surface area contributed by atoms with E-state index >= 15 is 0 Å². The van der Waals surface area contributed by atoms with Crippen molar-refractivity contribution in [3.8, 4) is 0 Å². The first kappa shape index (κ1) is 14.0. The Bertz CT molecular complexity index is 201. The molecule has 0 amide bonds. The lowest BCUT2D eigenvalue weighted by Crippen LogP contribution is -2.48. The average molecular weight is 227 g/mol. The number of hydrogen-bond acceptors (Lipinski definition) is 2. The van der Waals surface area contributed by atoms with Crippen molar-refractivity contribution in [2.24, 2.45) is 11.8 Å². The molecule has 0 bridgehead atoms. The molecule has 0 aromatic heterocycles. The van der Waals surface area contributed by atoms with Crippen molar-refractivity contribution in [2.75, 3.05) is 6.54 Å². The Morgan fingerprint density at radius 2 is 1.81 bits per heavy atom. The zero-order valence-electron chi connectivity index (χ0n) is 11.4. The number of nitrogens with one attached hydrogen (secondary N) is 1. The fraction of sp³-hybridized carbons (Fsp3) is 1.00. The van der Waals surface area contributed by atoms with E-state index in [4.69, 9.17) is 0 Å². The molecule has 2 N–H and O–H groups in total. The number of aliphatic hydroxyl groups is 1. The van der Waals surface area contributed by atoms with Crippen LogP contribution in [0.15, 0.2) is 0 Å². The van der Waals surface area contributed by atoms with Crippen LogP contribution in [0.5, 0.6) is 0 Å². The van der Waals surface area contributed by atoms with Crippen molar-refractivity contribution < 1.29 is 5.11 Å². The van der Waals surface area contributed by atoms with Crippen LogP contribution in [0.3, 0.4) is 0 Å². The van der Waals surface area contributed by atoms with Crippen molar-refractivity contribution >= 4 is 0 Å². The van der Waals surface area contributed by atoms with E-state index in [0.29, 0.717) is 6.04 Å². The lowest BCUT2D eigenvalue weighted by molar-refractivity contribution is 0.0246. The fourth-order valence-electron chi connectivity index (χ4n) is 2.69. The van der Waals surface area contributed by atoms with Crippen LogP contribution in [0, 0.1) is 11.8 Å². The van der Waals surface area contributed by atoms with E-state index in [1.807, 2.05) is 0 Å². The summed E-state index contributed by atoms with van der Waals surface area (Å²) in [5, 5.41) is 13.8. The second-order valence-electron chi connectivity index (χ2n) is 5.69. The third-order valence-electron chi connectivity index (χ3n) is 4.72. The highest BCUT2D eigenvalue weighted by atomic mass is 16.3. The van der Waals surface area contributed by atoms with Crippen LogP contribution >= 0.6 is 0 Å². The van der Waals surface area contributed by atoms with Crippen LogP contribution < -0.4 is 5.32 Å². The molecule has 1 aliphatic carbocycles. The Labute approximate surface area is 101 Å². The van der Waals surface area contributed by atoms with Gasteiger partial charge in [0.2, 0.25) is 0 Å². The molecule has 3 unspecified atom stereocenters. The zero-order chi connectivity index (χ0) is 12.2. The van der Waals surface area contributed by atoms with E-state index in [9.17, 15) is 5.11 Å². The van der Waals surface area contributed by atoms with Gasteiger partial charge in [-0.25, -0.2) is 0 Å². The van der Waals surface area contributed by atoms with Crippen LogP contribution in [-0.2, 0) is 0 Å². The summed E-state index contributed by atoms with van der Waals surface area (Å²) in [5.41, 5.74) is -0.500. The Kier molecular flexibility index (Phi) is 5.26. The molecule has 2 nitrogen and oxygen atoms in total. The predicted molar refractivity (Wildman–Crippen MR) is 69.5 cm³/mol. The summed E-state index contributed by atoms with van der Waals surface area (Å²) < 4.78 is 0. The second-order valence-corrected chi connectivity index (χ2v) is 5.69. The van der Waals surface area contributed by atoms with E-state index < -0.39 is 5.60 Å². The summed E-state index contributed by atoms with van der Waals surface area (Å²) in [4.78, 5) is 0. The fourth-order valence-corrected chi connectivity index (χ4v) is 2.69. The molecule has 0 aliphatic heterocycles. The molecule has 0 aromatic rings. The van der Waals surface area contributed by atoms with Gasteiger partial charge >= 0.3 is 0 Å². The normalized spacial score (nSPS) is 31.7. The van der Waals surface area contributed by atoms with Crippen molar-refractivity contribution in [1.82, 2.24) is 5.32 Å². The van der Waals surface area contributed by atoms with E-state index in [2.05, 4.69) is 33.0 Å². The SMILES string of the molecule is CCC(O)(CC)CNC1CCCC(C)C1C. The molecule has 1 rings (SSSR count). The number of rotatable bonds is 5. The Balaban J connectivity index is 2.42. The van der Waals surface area contributed by atoms with Crippen molar-refractivity contribution in [2.45, 2.75) is 71.4 Å². The Hall–Kier alpha value is -0.0800. The molecule has 16 heavy (non-hydrogen) atoms. The molecule has 96 valence electrons. The van der Waals surface area contributed by atoms with Gasteiger partial charge in [-0.2, -0.15) is 0 Å². The highest BCUT2D eigenvalue weighted by Crippen LogP contribution is 2.29. The van der Waals surface area contributed by atoms with Gasteiger partial charge in [-0.15, -0.1) is 0 Å². The molecule has 0 heterocycles. The van der Waals surface area contributed by atoms with Gasteiger partial charge in [0.1, 0.15) is 0 Å². The minimum atomic E-state index is -0.500. The average Bonchev–Trinajstić information content (AvgIpc) is 2.31. The standard InChI is InChI=1S/C14H29NO/c1-5-14(16,6-2)10-15-13-9-7-8-11(3)12(13)4/h11-13,15-16H,5-10H2,1-4H3. The molecule has 3 atom stereocenters. The van der Waals surface area contributed by atoms with E-state index in [-0.39, 0.29) is 0 Å². The molecule has 0 spiro atoms. The minimum absolute atomic E-state index is 0.500. The van der Waals surface area contributed by atoms with Gasteiger partial charge < -0.3 is 10.4 Å². The zero-order valence-corrected chi connectivity index (χ0v) is 11.4. The minimum Gasteiger partial charge on any atom is -0.389 e. The largest absolute Gasteiger partial charge is 0.389 e. The van der Waals surface area contributed by atoms with Crippen molar-refractivity contribution in [3.63, 3.8) is 0 Å². The summed E-state index contributed by atoms with van der Waals surface area (Å²) in [6.07, 6.45) is 5.65. The van der Waals surface area contributed by atoms with Crippen LogP contribution in [0.25, 0.3) is 0 Å². The highest BCUT2D eigenvalue weighted by Gasteiger charge is 2.29. The molecule has 0 saturated heterocycles. The maximum atomic E-state index is 10.2. The monoisotopic (exact) mass is 227 g/mol. The highest BCUT2D eigenvalue weighted by molar-refractivity contribution is 4.86. The molecule has 2 heteroatoms. The summed E-state index contributed by atoms with van der Waals surface area (Å²) in [7, 11) is 0. The molecule has 1 saturated carbocycles. The third-order valence-corrected chi connectivity index (χ3v) is 4.72. The van der Waals surface area contributed by atoms with Gasteiger partial charge in [0.05, 0.1) is 5.60 Å². The lowest BCUT2D eigenvalue weighted by Gasteiger charge is -2.37. The van der Waals surface area contributed by atoms with E-state index in [0.717, 1.165) is 31.2 Å². The first-order valence-corrected chi connectivity index (χ1v) is 6.98. The molecule has 1 fully saturated rings. The van der Waals surface area contributed by atoms with Gasteiger partial charge in [0.15, 0.2) is 0 Å². The smallest absolute Gasteiger partial charge is 0.0766 e. The Morgan fingerprint density at radius 1 is 1.19 bits per heavy atom. The summed E-state index contributed by atoms with van der Waals surface area (Å²) in [6, 6.07) is 0.605. The van der Waals surface area contributed by atoms with Crippen LogP contribution in [0.4, 0.5) is 0 Å². The summed E-state index contributed by atoms with van der Waals surface area (Å²) >= 11 is 0. The van der Waals surface area contributed by atoms with Gasteiger partial charge in [-0.05, 0) is 31.1 Å². The van der Waals surface area contributed by atoms with Crippen LogP contribution in [0.1, 0.15) is 59.8 Å². The molecular weight excluding hydrogens is 198 g/mol. The van der Waals surface area contributed by atoms with Crippen molar-refractivity contribution in [1.29, 1.82) is 0 Å². The lowest BCUT2D eigenvalue weighted by atomic mass is 9.78. The molecular formula is C14H29NO. The molecule has 0 radical (unpaired) electrons. The topological polar surface area (TPSA) is 32.3 Å². The number of hydrogen-bond donors (Lipinski definition) is 2. The van der Waals surface area contributed by atoms with Crippen molar-refractivity contribution in [3.05, 3.63) is 0 Å². The predicted octanol–water partition coefficient (Wildman–Crippen LogP) is 2.95. The van der Waals surface area contributed by atoms with Gasteiger partial charge in [-0.3, -0.25) is 0 Å². The van der Waals surface area contributed by atoms with Gasteiger partial charge in [-0.1, -0.05) is 40.5 Å². The second kappa shape index (κ2) is 6.02. The summed E-state index contributed by atoms with van der Waals surface area (Å²) in [5.74, 6) is 1.56. The first-order valence-electron chi connectivity index (χ1n) is 6.98. The first-order chi connectivity index (χ1) is 7.52. The third kappa shape index (κ3) is 3.46. The molecule has 1 aliphatic rings. The van der Waals surface area contributed by atoms with Gasteiger partial charge in [0, 0.05) is 12.6 Å². The maximum absolute atomic E-state index is 10.2. The van der Waals surface area contributed by atoms with Gasteiger partial charge in [0.25, 0.3) is 0 Å². The van der Waals surface area contributed by atoms with Crippen LogP contribution in [-0.4, -0.2) is 23.3 Å². The maximum Gasteiger partial charge on any atom is 0.0766 e. The van der Waals surface area contributed by atoms with E-state index in [1.165, 1.54) is 19.3 Å². The molecule has 0 aromatic carbocycles. The van der Waals surface area contributed by atoms with E-state index in [1.54, 1.807) is 0 Å². The Morgan fingerprint density at radius 3 is 2.38 bits per heavy atom.